The summed E-state index contributed by atoms with van der Waals surface area (Å²) in [6, 6.07) is 5.61. The highest BCUT2D eigenvalue weighted by Crippen LogP contribution is 2.31. The highest BCUT2D eigenvalue weighted by Gasteiger charge is 2.12. The third-order valence-electron chi connectivity index (χ3n) is 3.43. The molecule has 0 radical (unpaired) electrons. The van der Waals surface area contributed by atoms with Crippen LogP contribution < -0.4 is 4.74 Å². The van der Waals surface area contributed by atoms with Gasteiger partial charge < -0.3 is 9.30 Å². The molecule has 112 valence electrons. The van der Waals surface area contributed by atoms with Crippen molar-refractivity contribution in [3.8, 4) is 5.75 Å². The average Bonchev–Trinajstić information content (AvgIpc) is 2.83. The number of benzene rings is 1. The first-order valence-electron chi connectivity index (χ1n) is 6.96. The molecule has 0 spiro atoms. The maximum absolute atomic E-state index is 12.1. The lowest BCUT2D eigenvalue weighted by Gasteiger charge is -2.14. The third-order valence-corrected chi connectivity index (χ3v) is 3.76. The van der Waals surface area contributed by atoms with Crippen molar-refractivity contribution in [1.82, 2.24) is 4.57 Å². The number of rotatable bonds is 5. The zero-order chi connectivity index (χ0) is 15.6. The Morgan fingerprint density at radius 3 is 2.67 bits per heavy atom. The molecular formula is C17H20ClNO2. The molecule has 21 heavy (non-hydrogen) atoms. The highest BCUT2D eigenvalue weighted by atomic mass is 35.5. The normalized spacial score (nSPS) is 11.0. The Morgan fingerprint density at radius 2 is 2.10 bits per heavy atom. The minimum Gasteiger partial charge on any atom is -0.485 e. The molecule has 0 aliphatic carbocycles. The SMILES string of the molecule is Cc1cc(Cl)c(C(C)C)cc1OCC(=O)c1ccn(C)c1. The molecule has 0 fully saturated rings. The van der Waals surface area contributed by atoms with Crippen LogP contribution in [0.2, 0.25) is 5.02 Å². The maximum atomic E-state index is 12.1. The first kappa shape index (κ1) is 15.6. The predicted octanol–water partition coefficient (Wildman–Crippen LogP) is 4.37. The van der Waals surface area contributed by atoms with Crippen LogP contribution in [0.4, 0.5) is 0 Å². The largest absolute Gasteiger partial charge is 0.485 e. The number of carbonyl (C=O) groups is 1. The number of ether oxygens (including phenoxy) is 1. The summed E-state index contributed by atoms with van der Waals surface area (Å²) >= 11 is 6.23. The van der Waals surface area contributed by atoms with E-state index in [9.17, 15) is 4.79 Å². The van der Waals surface area contributed by atoms with Crippen molar-refractivity contribution in [2.45, 2.75) is 26.7 Å². The number of nitrogens with zero attached hydrogens (tertiary/aromatic N) is 1. The number of halogens is 1. The maximum Gasteiger partial charge on any atom is 0.201 e. The van der Waals surface area contributed by atoms with Crippen LogP contribution in [0, 0.1) is 6.92 Å². The molecule has 3 nitrogen and oxygen atoms in total. The Labute approximate surface area is 130 Å². The summed E-state index contributed by atoms with van der Waals surface area (Å²) in [6.07, 6.45) is 3.64. The van der Waals surface area contributed by atoms with Crippen LogP contribution in [0.25, 0.3) is 0 Å². The van der Waals surface area contributed by atoms with Gasteiger partial charge in [-0.05, 0) is 42.2 Å². The van der Waals surface area contributed by atoms with E-state index in [0.717, 1.165) is 16.1 Å². The smallest absolute Gasteiger partial charge is 0.201 e. The molecule has 1 heterocycles. The standard InChI is InChI=1S/C17H20ClNO2/c1-11(2)14-8-17(12(3)7-15(14)18)21-10-16(20)13-5-6-19(4)9-13/h5-9,11H,10H2,1-4H3. The van der Waals surface area contributed by atoms with Gasteiger partial charge in [-0.15, -0.1) is 0 Å². The van der Waals surface area contributed by atoms with E-state index in [0.29, 0.717) is 17.2 Å². The van der Waals surface area contributed by atoms with Crippen molar-refractivity contribution in [2.24, 2.45) is 7.05 Å². The van der Waals surface area contributed by atoms with E-state index < -0.39 is 0 Å². The van der Waals surface area contributed by atoms with E-state index >= 15 is 0 Å². The van der Waals surface area contributed by atoms with E-state index in [2.05, 4.69) is 13.8 Å². The second kappa shape index (κ2) is 6.35. The third kappa shape index (κ3) is 3.67. The lowest BCUT2D eigenvalue weighted by molar-refractivity contribution is 0.0921. The summed E-state index contributed by atoms with van der Waals surface area (Å²) in [4.78, 5) is 12.1. The second-order valence-electron chi connectivity index (χ2n) is 5.57. The molecule has 0 bridgehead atoms. The van der Waals surface area contributed by atoms with Gasteiger partial charge in [0.1, 0.15) is 5.75 Å². The van der Waals surface area contributed by atoms with Gasteiger partial charge in [-0.3, -0.25) is 4.79 Å². The van der Waals surface area contributed by atoms with Crippen LogP contribution in [0.15, 0.2) is 30.6 Å². The van der Waals surface area contributed by atoms with Gasteiger partial charge in [-0.2, -0.15) is 0 Å². The Balaban J connectivity index is 2.13. The van der Waals surface area contributed by atoms with Gasteiger partial charge in [-0.1, -0.05) is 25.4 Å². The van der Waals surface area contributed by atoms with Crippen molar-refractivity contribution in [1.29, 1.82) is 0 Å². The summed E-state index contributed by atoms with van der Waals surface area (Å²) in [5.41, 5.74) is 2.63. The summed E-state index contributed by atoms with van der Waals surface area (Å²) in [7, 11) is 1.88. The molecular weight excluding hydrogens is 286 g/mol. The number of hydrogen-bond acceptors (Lipinski definition) is 2. The molecule has 0 N–H and O–H groups in total. The van der Waals surface area contributed by atoms with Gasteiger partial charge in [-0.25, -0.2) is 0 Å². The number of carbonyl (C=O) groups excluding carboxylic acids is 1. The van der Waals surface area contributed by atoms with Crippen LogP contribution >= 0.6 is 11.6 Å². The Hall–Kier alpha value is -1.74. The molecule has 0 saturated carbocycles. The molecule has 0 aliphatic heterocycles. The summed E-state index contributed by atoms with van der Waals surface area (Å²) in [6.45, 7) is 6.12. The summed E-state index contributed by atoms with van der Waals surface area (Å²) in [5, 5.41) is 0.740. The Morgan fingerprint density at radius 1 is 1.38 bits per heavy atom. The van der Waals surface area contributed by atoms with Crippen LogP contribution in [0.1, 0.15) is 41.3 Å². The number of aryl methyl sites for hydroxylation is 2. The zero-order valence-corrected chi connectivity index (χ0v) is 13.6. The molecule has 0 atom stereocenters. The zero-order valence-electron chi connectivity index (χ0n) is 12.8. The average molecular weight is 306 g/mol. The van der Waals surface area contributed by atoms with E-state index in [1.165, 1.54) is 0 Å². The molecule has 0 unspecified atom stereocenters. The lowest BCUT2D eigenvalue weighted by atomic mass is 10.0. The number of aromatic nitrogens is 1. The van der Waals surface area contributed by atoms with Crippen LogP contribution in [-0.2, 0) is 7.05 Å². The number of hydrogen-bond donors (Lipinski definition) is 0. The molecule has 2 rings (SSSR count). The van der Waals surface area contributed by atoms with Crippen molar-refractivity contribution >= 4 is 17.4 Å². The van der Waals surface area contributed by atoms with E-state index in [1.54, 1.807) is 12.3 Å². The van der Waals surface area contributed by atoms with Crippen LogP contribution in [-0.4, -0.2) is 17.0 Å². The molecule has 0 saturated heterocycles. The lowest BCUT2D eigenvalue weighted by Crippen LogP contribution is -2.12. The number of Topliss-reactive ketones (excluding diaryl/α,β-unsaturated/α-hetero) is 1. The highest BCUT2D eigenvalue weighted by molar-refractivity contribution is 6.31. The fourth-order valence-electron chi connectivity index (χ4n) is 2.16. The quantitative estimate of drug-likeness (QED) is 0.768. The van der Waals surface area contributed by atoms with Crippen molar-refractivity contribution in [3.63, 3.8) is 0 Å². The predicted molar refractivity (Wildman–Crippen MR) is 85.5 cm³/mol. The van der Waals surface area contributed by atoms with Gasteiger partial charge in [0, 0.05) is 30.0 Å². The molecule has 0 amide bonds. The van der Waals surface area contributed by atoms with Gasteiger partial charge in [0.2, 0.25) is 5.78 Å². The molecule has 1 aromatic carbocycles. The monoisotopic (exact) mass is 305 g/mol. The van der Waals surface area contributed by atoms with E-state index in [1.807, 2.05) is 36.9 Å². The molecule has 2 aromatic rings. The van der Waals surface area contributed by atoms with Crippen molar-refractivity contribution in [2.75, 3.05) is 6.61 Å². The van der Waals surface area contributed by atoms with Crippen LogP contribution in [0.5, 0.6) is 5.75 Å². The first-order chi connectivity index (χ1) is 9.88. The van der Waals surface area contributed by atoms with Crippen molar-refractivity contribution in [3.05, 3.63) is 52.3 Å². The summed E-state index contributed by atoms with van der Waals surface area (Å²) in [5.74, 6) is 0.994. The molecule has 4 heteroatoms. The van der Waals surface area contributed by atoms with Crippen molar-refractivity contribution < 1.29 is 9.53 Å². The Kier molecular flexibility index (Phi) is 4.73. The second-order valence-corrected chi connectivity index (χ2v) is 5.98. The fourth-order valence-corrected chi connectivity index (χ4v) is 2.60. The van der Waals surface area contributed by atoms with Crippen LogP contribution in [0.3, 0.4) is 0 Å². The van der Waals surface area contributed by atoms with Gasteiger partial charge in [0.15, 0.2) is 6.61 Å². The first-order valence-corrected chi connectivity index (χ1v) is 7.34. The summed E-state index contributed by atoms with van der Waals surface area (Å²) < 4.78 is 7.54. The van der Waals surface area contributed by atoms with E-state index in [4.69, 9.17) is 16.3 Å². The Bertz CT molecular complexity index is 659. The topological polar surface area (TPSA) is 31.2 Å². The van der Waals surface area contributed by atoms with Gasteiger partial charge >= 0.3 is 0 Å². The van der Waals surface area contributed by atoms with E-state index in [-0.39, 0.29) is 12.4 Å². The fraction of sp³-hybridized carbons (Fsp3) is 0.353. The number of ketones is 1. The minimum absolute atomic E-state index is 0.0314. The molecule has 0 aliphatic rings. The molecule has 1 aromatic heterocycles. The van der Waals surface area contributed by atoms with Gasteiger partial charge in [0.25, 0.3) is 0 Å². The minimum atomic E-state index is -0.0314. The van der Waals surface area contributed by atoms with Gasteiger partial charge in [0.05, 0.1) is 0 Å².